The number of amides is 1. The Hall–Kier alpha value is -2.05. The van der Waals surface area contributed by atoms with E-state index in [2.05, 4.69) is 21.4 Å². The second kappa shape index (κ2) is 7.82. The van der Waals surface area contributed by atoms with Crippen LogP contribution in [0.4, 0.5) is 10.5 Å². The molecule has 0 atom stereocenters. The van der Waals surface area contributed by atoms with Gasteiger partial charge in [-0.05, 0) is 43.2 Å². The average Bonchev–Trinajstić information content (AvgIpc) is 3.25. The van der Waals surface area contributed by atoms with Gasteiger partial charge in [-0.1, -0.05) is 27.5 Å². The van der Waals surface area contributed by atoms with Crippen LogP contribution < -0.4 is 10.4 Å². The van der Waals surface area contributed by atoms with E-state index in [4.69, 9.17) is 21.3 Å². The largest absolute Gasteiger partial charge is 0.444 e. The van der Waals surface area contributed by atoms with Crippen LogP contribution in [0.25, 0.3) is 0 Å². The first-order valence-electron chi connectivity index (χ1n) is 9.61. The summed E-state index contributed by atoms with van der Waals surface area (Å²) in [5.74, 6) is 0. The van der Waals surface area contributed by atoms with Crippen LogP contribution in [0.5, 0.6) is 0 Å². The Balaban J connectivity index is 1.35. The van der Waals surface area contributed by atoms with Crippen molar-refractivity contribution >= 4 is 49.3 Å². The molecule has 9 nitrogen and oxygen atoms in total. The first-order chi connectivity index (χ1) is 14.9. The molecule has 1 aromatic carbocycles. The Morgan fingerprint density at radius 2 is 1.97 bits per heavy atom. The van der Waals surface area contributed by atoms with Gasteiger partial charge in [0.1, 0.15) is 22.4 Å². The van der Waals surface area contributed by atoms with Crippen molar-refractivity contribution < 1.29 is 22.9 Å². The second-order valence-electron chi connectivity index (χ2n) is 7.39. The van der Waals surface area contributed by atoms with Crippen LogP contribution in [0, 0.1) is 0 Å². The van der Waals surface area contributed by atoms with E-state index in [1.165, 1.54) is 27.7 Å². The third-order valence-corrected chi connectivity index (χ3v) is 8.35. The summed E-state index contributed by atoms with van der Waals surface area (Å²) in [5.41, 5.74) is 4.58. The molecule has 5 rings (SSSR count). The lowest BCUT2D eigenvalue weighted by molar-refractivity contribution is -0.117. The summed E-state index contributed by atoms with van der Waals surface area (Å²) in [5, 5.41) is 1.47. The van der Waals surface area contributed by atoms with E-state index < -0.39 is 16.1 Å². The molecule has 0 aliphatic carbocycles. The van der Waals surface area contributed by atoms with Crippen molar-refractivity contribution in [1.29, 1.82) is 0 Å². The van der Waals surface area contributed by atoms with Crippen LogP contribution in [0.3, 0.4) is 0 Å². The highest BCUT2D eigenvalue weighted by Crippen LogP contribution is 2.37. The predicted octanol–water partition coefficient (Wildman–Crippen LogP) is 3.27. The van der Waals surface area contributed by atoms with Gasteiger partial charge in [0.15, 0.2) is 0 Å². The number of cyclic esters (lactones) is 1. The number of carbonyl (C=O) groups is 1. The van der Waals surface area contributed by atoms with Crippen molar-refractivity contribution in [3.05, 3.63) is 62.3 Å². The van der Waals surface area contributed by atoms with Gasteiger partial charge in [0, 0.05) is 29.2 Å². The van der Waals surface area contributed by atoms with E-state index >= 15 is 0 Å². The third kappa shape index (κ3) is 3.54. The minimum Gasteiger partial charge on any atom is -0.444 e. The monoisotopic (exact) mass is 528 g/mol. The third-order valence-electron chi connectivity index (χ3n) is 5.63. The van der Waals surface area contributed by atoms with Gasteiger partial charge in [0.25, 0.3) is 0 Å². The summed E-state index contributed by atoms with van der Waals surface area (Å²) in [4.78, 5) is 19.4. The Bertz CT molecular complexity index is 1140. The molecule has 31 heavy (non-hydrogen) atoms. The molecule has 0 saturated carbocycles. The molecular weight excluding hydrogens is 512 g/mol. The molecule has 4 heterocycles. The summed E-state index contributed by atoms with van der Waals surface area (Å²) < 4.78 is 34.3. The highest BCUT2D eigenvalue weighted by Gasteiger charge is 2.40. The SMILES string of the molecule is O=C1OCc2cc(Br)ccc2N1C1CCN(S(=O)(=O)C2=CC=C(Cl)N3ONC=C23)CC1. The Labute approximate surface area is 192 Å². The van der Waals surface area contributed by atoms with Crippen molar-refractivity contribution in [2.24, 2.45) is 0 Å². The molecular formula is C19H18BrClN4O5S. The molecule has 4 aliphatic rings. The number of rotatable bonds is 3. The van der Waals surface area contributed by atoms with Gasteiger partial charge in [-0.15, -0.1) is 0 Å². The Kier molecular flexibility index (Phi) is 5.25. The average molecular weight is 530 g/mol. The summed E-state index contributed by atoms with van der Waals surface area (Å²) in [7, 11) is -3.78. The fourth-order valence-corrected chi connectivity index (χ4v) is 6.34. The van der Waals surface area contributed by atoms with E-state index in [0.717, 1.165) is 15.7 Å². The van der Waals surface area contributed by atoms with Gasteiger partial charge < -0.3 is 4.74 Å². The standard InChI is InChI=1S/C19H18BrClN4O5S/c20-13-1-2-15-12(9-13)11-29-19(26)24(15)14-5-7-23(8-6-14)31(27,28)17-3-4-18(21)25-16(17)10-22-30-25/h1-4,9-10,14,22H,5-8,11H2. The molecule has 0 bridgehead atoms. The number of ether oxygens (including phenoxy) is 1. The number of hydroxylamine groups is 3. The number of hydrogen-bond acceptors (Lipinski definition) is 7. The molecule has 0 spiro atoms. The van der Waals surface area contributed by atoms with Crippen LogP contribution in [0.15, 0.2) is 56.8 Å². The normalized spacial score (nSPS) is 22.1. The molecule has 1 N–H and O–H groups in total. The number of halogens is 2. The number of carbonyl (C=O) groups excluding carboxylic acids is 1. The van der Waals surface area contributed by atoms with Crippen molar-refractivity contribution in [2.45, 2.75) is 25.5 Å². The highest BCUT2D eigenvalue weighted by atomic mass is 79.9. The van der Waals surface area contributed by atoms with E-state index in [1.54, 1.807) is 4.90 Å². The number of fused-ring (bicyclic) bond motifs is 2. The Morgan fingerprint density at radius 1 is 1.19 bits per heavy atom. The zero-order valence-electron chi connectivity index (χ0n) is 16.1. The van der Waals surface area contributed by atoms with E-state index in [0.29, 0.717) is 18.5 Å². The van der Waals surface area contributed by atoms with Crippen LogP contribution in [0.2, 0.25) is 0 Å². The molecule has 1 fully saturated rings. The summed E-state index contributed by atoms with van der Waals surface area (Å²) in [6.45, 7) is 0.779. The van der Waals surface area contributed by atoms with Gasteiger partial charge in [0.05, 0.1) is 11.9 Å². The maximum absolute atomic E-state index is 13.3. The number of nitrogens with one attached hydrogen (secondary N) is 1. The van der Waals surface area contributed by atoms with Crippen LogP contribution >= 0.6 is 27.5 Å². The molecule has 1 amide bonds. The zero-order chi connectivity index (χ0) is 21.8. The molecule has 1 aromatic rings. The van der Waals surface area contributed by atoms with Crippen molar-refractivity contribution in [3.63, 3.8) is 0 Å². The molecule has 4 aliphatic heterocycles. The van der Waals surface area contributed by atoms with Crippen LogP contribution in [-0.4, -0.2) is 43.0 Å². The fourth-order valence-electron chi connectivity index (χ4n) is 4.13. The van der Waals surface area contributed by atoms with Crippen LogP contribution in [0.1, 0.15) is 18.4 Å². The summed E-state index contributed by atoms with van der Waals surface area (Å²) >= 11 is 9.51. The van der Waals surface area contributed by atoms with Gasteiger partial charge >= 0.3 is 6.09 Å². The number of sulfonamides is 1. The molecule has 0 unspecified atom stereocenters. The highest BCUT2D eigenvalue weighted by molar-refractivity contribution is 9.10. The first kappa shape index (κ1) is 20.8. The second-order valence-corrected chi connectivity index (χ2v) is 10.6. The number of allylic oxidation sites excluding steroid dienone is 2. The topological polar surface area (TPSA) is 91.4 Å². The number of nitrogens with zero attached hydrogens (tertiary/aromatic N) is 3. The lowest BCUT2D eigenvalue weighted by Gasteiger charge is -2.40. The minimum absolute atomic E-state index is 0.105. The van der Waals surface area contributed by atoms with Gasteiger partial charge in [-0.3, -0.25) is 4.90 Å². The van der Waals surface area contributed by atoms with Crippen LogP contribution in [-0.2, 0) is 26.3 Å². The minimum atomic E-state index is -3.78. The van der Waals surface area contributed by atoms with E-state index in [-0.39, 0.29) is 35.8 Å². The number of piperidine rings is 1. The van der Waals surface area contributed by atoms with Crippen molar-refractivity contribution in [2.75, 3.05) is 18.0 Å². The molecule has 12 heteroatoms. The zero-order valence-corrected chi connectivity index (χ0v) is 19.3. The number of hydrogen-bond donors (Lipinski definition) is 1. The van der Waals surface area contributed by atoms with Gasteiger partial charge in [0.2, 0.25) is 10.0 Å². The van der Waals surface area contributed by atoms with Gasteiger partial charge in [-0.2, -0.15) is 14.3 Å². The molecule has 1 saturated heterocycles. The summed E-state index contributed by atoms with van der Waals surface area (Å²) in [6, 6.07) is 5.55. The Morgan fingerprint density at radius 3 is 2.74 bits per heavy atom. The van der Waals surface area contributed by atoms with Crippen molar-refractivity contribution in [1.82, 2.24) is 14.8 Å². The van der Waals surface area contributed by atoms with Gasteiger partial charge in [-0.25, -0.2) is 18.7 Å². The van der Waals surface area contributed by atoms with E-state index in [1.807, 2.05) is 18.2 Å². The quantitative estimate of drug-likeness (QED) is 0.601. The number of anilines is 1. The lowest BCUT2D eigenvalue weighted by Crippen LogP contribution is -2.50. The molecule has 0 aromatic heterocycles. The van der Waals surface area contributed by atoms with Crippen molar-refractivity contribution in [3.8, 4) is 0 Å². The lowest BCUT2D eigenvalue weighted by atomic mass is 10.0. The smallest absolute Gasteiger partial charge is 0.414 e. The van der Waals surface area contributed by atoms with E-state index in [9.17, 15) is 13.2 Å². The maximum atomic E-state index is 13.3. The fraction of sp³-hybridized carbons (Fsp3) is 0.316. The summed E-state index contributed by atoms with van der Waals surface area (Å²) in [6.07, 6.45) is 4.98. The maximum Gasteiger partial charge on any atom is 0.414 e. The predicted molar refractivity (Wildman–Crippen MR) is 116 cm³/mol. The number of benzene rings is 1. The molecule has 0 radical (unpaired) electrons. The molecule has 164 valence electrons. The first-order valence-corrected chi connectivity index (χ1v) is 12.2.